The molecule has 1 aliphatic rings. The number of nitrogens with zero attached hydrogens (tertiary/aromatic N) is 3. The first kappa shape index (κ1) is 15.7. The molecule has 0 spiro atoms. The van der Waals surface area contributed by atoms with E-state index in [1.165, 1.54) is 0 Å². The number of imidazole rings is 1. The predicted molar refractivity (Wildman–Crippen MR) is 89.7 cm³/mol. The van der Waals surface area contributed by atoms with E-state index in [0.717, 1.165) is 18.0 Å². The highest BCUT2D eigenvalue weighted by Crippen LogP contribution is 2.36. The monoisotopic (exact) mass is 333 g/mol. The zero-order valence-electron chi connectivity index (χ0n) is 13.1. The summed E-state index contributed by atoms with van der Waals surface area (Å²) in [6.45, 7) is 2.66. The molecule has 2 aromatic rings. The Morgan fingerprint density at radius 1 is 1.35 bits per heavy atom. The standard InChI is InChI=1S/C16H19N3O3S/c1-13(20)16(11-22-15-5-3-14(21-2)4-6-15)19(9-10-23-16)18-8-7-17-12-18/h3-8,12H,9-11H2,1-2H3. The van der Waals surface area contributed by atoms with E-state index in [1.54, 1.807) is 38.3 Å². The van der Waals surface area contributed by atoms with Gasteiger partial charge in [0.1, 0.15) is 24.4 Å². The largest absolute Gasteiger partial charge is 0.497 e. The number of rotatable bonds is 6. The second kappa shape index (κ2) is 6.54. The molecule has 0 N–H and O–H groups in total. The molecule has 7 heteroatoms. The van der Waals surface area contributed by atoms with E-state index in [4.69, 9.17) is 9.47 Å². The van der Waals surface area contributed by atoms with E-state index in [2.05, 4.69) is 4.98 Å². The zero-order chi connectivity index (χ0) is 16.3. The Bertz CT molecular complexity index is 660. The highest BCUT2D eigenvalue weighted by atomic mass is 32.2. The predicted octanol–water partition coefficient (Wildman–Crippen LogP) is 1.94. The van der Waals surface area contributed by atoms with Gasteiger partial charge in [-0.05, 0) is 31.2 Å². The topological polar surface area (TPSA) is 56.6 Å². The minimum atomic E-state index is -0.735. The van der Waals surface area contributed by atoms with Crippen molar-refractivity contribution in [1.29, 1.82) is 0 Å². The van der Waals surface area contributed by atoms with Gasteiger partial charge in [-0.2, -0.15) is 0 Å². The molecule has 0 aliphatic carbocycles. The molecule has 1 saturated heterocycles. The van der Waals surface area contributed by atoms with E-state index in [9.17, 15) is 4.79 Å². The van der Waals surface area contributed by atoms with E-state index in [-0.39, 0.29) is 12.4 Å². The van der Waals surface area contributed by atoms with Gasteiger partial charge < -0.3 is 9.47 Å². The third-order valence-corrected chi connectivity index (χ3v) is 5.35. The highest BCUT2D eigenvalue weighted by molar-refractivity contribution is 8.01. The summed E-state index contributed by atoms with van der Waals surface area (Å²) in [6, 6.07) is 7.36. The number of methoxy groups -OCH3 is 1. The summed E-state index contributed by atoms with van der Waals surface area (Å²) in [7, 11) is 1.62. The maximum atomic E-state index is 12.4. The normalized spacial score (nSPS) is 20.5. The van der Waals surface area contributed by atoms with Crippen LogP contribution in [0.5, 0.6) is 11.5 Å². The Hall–Kier alpha value is -2.15. The molecular formula is C16H19N3O3S. The van der Waals surface area contributed by atoms with Crippen LogP contribution in [-0.2, 0) is 4.79 Å². The van der Waals surface area contributed by atoms with E-state index < -0.39 is 4.87 Å². The van der Waals surface area contributed by atoms with Crippen LogP contribution in [0.25, 0.3) is 0 Å². The van der Waals surface area contributed by atoms with Crippen LogP contribution >= 0.6 is 11.8 Å². The lowest BCUT2D eigenvalue weighted by Crippen LogP contribution is -2.56. The third-order valence-electron chi connectivity index (χ3n) is 3.87. The maximum Gasteiger partial charge on any atom is 0.193 e. The Morgan fingerprint density at radius 3 is 2.70 bits per heavy atom. The fourth-order valence-electron chi connectivity index (χ4n) is 2.61. The molecule has 0 radical (unpaired) electrons. The third kappa shape index (κ3) is 3.01. The molecule has 1 fully saturated rings. The number of benzene rings is 1. The van der Waals surface area contributed by atoms with Crippen molar-refractivity contribution in [1.82, 2.24) is 9.66 Å². The van der Waals surface area contributed by atoms with Gasteiger partial charge in [-0.3, -0.25) is 14.5 Å². The Morgan fingerprint density at radius 2 is 2.09 bits per heavy atom. The maximum absolute atomic E-state index is 12.4. The number of thioether (sulfide) groups is 1. The number of hydrogen-bond donors (Lipinski definition) is 0. The van der Waals surface area contributed by atoms with Crippen molar-refractivity contribution >= 4 is 17.5 Å². The summed E-state index contributed by atoms with van der Waals surface area (Å²) in [4.78, 5) is 15.7. The number of carbonyl (C=O) groups excluding carboxylic acids is 1. The number of ketones is 1. The minimum Gasteiger partial charge on any atom is -0.497 e. The van der Waals surface area contributed by atoms with Crippen LogP contribution in [0.1, 0.15) is 6.92 Å². The summed E-state index contributed by atoms with van der Waals surface area (Å²) in [5.41, 5.74) is 0. The average molecular weight is 333 g/mol. The summed E-state index contributed by atoms with van der Waals surface area (Å²) in [6.07, 6.45) is 5.26. The molecule has 1 aliphatic heterocycles. The average Bonchev–Trinajstić information content (AvgIpc) is 3.23. The second-order valence-corrected chi connectivity index (χ2v) is 6.59. The Balaban J connectivity index is 1.79. The number of aromatic nitrogens is 2. The van der Waals surface area contributed by atoms with Crippen molar-refractivity contribution < 1.29 is 14.3 Å². The van der Waals surface area contributed by atoms with Gasteiger partial charge in [-0.1, -0.05) is 0 Å². The molecule has 1 aromatic carbocycles. The van der Waals surface area contributed by atoms with Gasteiger partial charge >= 0.3 is 0 Å². The lowest BCUT2D eigenvalue weighted by atomic mass is 10.2. The molecule has 0 bridgehead atoms. The molecule has 0 saturated carbocycles. The SMILES string of the molecule is COc1ccc(OCC2(C(C)=O)SCCN2n2ccnc2)cc1. The van der Waals surface area contributed by atoms with Gasteiger partial charge in [-0.25, -0.2) is 4.98 Å². The lowest BCUT2D eigenvalue weighted by Gasteiger charge is -2.36. The second-order valence-electron chi connectivity index (χ2n) is 5.22. The molecule has 23 heavy (non-hydrogen) atoms. The van der Waals surface area contributed by atoms with Crippen molar-refractivity contribution in [2.45, 2.75) is 11.8 Å². The highest BCUT2D eigenvalue weighted by Gasteiger charge is 2.47. The Labute approximate surface area is 139 Å². The van der Waals surface area contributed by atoms with Gasteiger partial charge in [0.25, 0.3) is 0 Å². The van der Waals surface area contributed by atoms with Crippen molar-refractivity contribution in [3.8, 4) is 11.5 Å². The number of carbonyl (C=O) groups is 1. The zero-order valence-corrected chi connectivity index (χ0v) is 14.0. The number of ether oxygens (including phenoxy) is 2. The molecule has 2 heterocycles. The van der Waals surface area contributed by atoms with Crippen LogP contribution in [0.2, 0.25) is 0 Å². The lowest BCUT2D eigenvalue weighted by molar-refractivity contribution is -0.120. The molecule has 1 aromatic heterocycles. The first-order valence-corrected chi connectivity index (χ1v) is 8.32. The first-order chi connectivity index (χ1) is 11.2. The van der Waals surface area contributed by atoms with Crippen LogP contribution in [-0.4, -0.2) is 46.3 Å². The quantitative estimate of drug-likeness (QED) is 0.805. The fraction of sp³-hybridized carbons (Fsp3) is 0.375. The molecule has 122 valence electrons. The molecule has 1 atom stereocenters. The smallest absolute Gasteiger partial charge is 0.193 e. The van der Waals surface area contributed by atoms with Gasteiger partial charge in [0.2, 0.25) is 0 Å². The van der Waals surface area contributed by atoms with Crippen molar-refractivity contribution in [2.75, 3.05) is 31.0 Å². The van der Waals surface area contributed by atoms with Crippen LogP contribution in [0.15, 0.2) is 43.0 Å². The molecule has 3 rings (SSSR count). The summed E-state index contributed by atoms with van der Waals surface area (Å²) in [5, 5.41) is 2.01. The molecular weight excluding hydrogens is 314 g/mol. The molecule has 1 unspecified atom stereocenters. The number of Topliss-reactive ketones (excluding diaryl/α,β-unsaturated/α-hetero) is 1. The molecule has 0 amide bonds. The summed E-state index contributed by atoms with van der Waals surface area (Å²) in [5.74, 6) is 2.42. The van der Waals surface area contributed by atoms with Crippen molar-refractivity contribution in [2.24, 2.45) is 0 Å². The van der Waals surface area contributed by atoms with Gasteiger partial charge in [0.15, 0.2) is 10.7 Å². The fourth-order valence-corrected chi connectivity index (χ4v) is 3.89. The van der Waals surface area contributed by atoms with Crippen LogP contribution in [0.4, 0.5) is 0 Å². The van der Waals surface area contributed by atoms with Gasteiger partial charge in [0.05, 0.1) is 7.11 Å². The van der Waals surface area contributed by atoms with Gasteiger partial charge in [-0.15, -0.1) is 11.8 Å². The Kier molecular flexibility index (Phi) is 4.47. The van der Waals surface area contributed by atoms with E-state index in [1.807, 2.05) is 40.1 Å². The van der Waals surface area contributed by atoms with E-state index >= 15 is 0 Å². The number of hydrogen-bond acceptors (Lipinski definition) is 6. The van der Waals surface area contributed by atoms with Gasteiger partial charge in [0, 0.05) is 24.7 Å². The van der Waals surface area contributed by atoms with E-state index in [0.29, 0.717) is 5.75 Å². The van der Waals surface area contributed by atoms with Crippen molar-refractivity contribution in [3.63, 3.8) is 0 Å². The van der Waals surface area contributed by atoms with Crippen LogP contribution < -0.4 is 14.5 Å². The minimum absolute atomic E-state index is 0.0715. The molecule has 6 nitrogen and oxygen atoms in total. The summed E-state index contributed by atoms with van der Waals surface area (Å²) < 4.78 is 12.9. The summed E-state index contributed by atoms with van der Waals surface area (Å²) >= 11 is 1.61. The van der Waals surface area contributed by atoms with Crippen molar-refractivity contribution in [3.05, 3.63) is 43.0 Å². The van der Waals surface area contributed by atoms with Crippen LogP contribution in [0.3, 0.4) is 0 Å². The van der Waals surface area contributed by atoms with Crippen LogP contribution in [0, 0.1) is 0 Å². The first-order valence-electron chi connectivity index (χ1n) is 7.33.